The predicted molar refractivity (Wildman–Crippen MR) is 72.0 cm³/mol. The number of hydrogen-bond donors (Lipinski definition) is 3. The zero-order chi connectivity index (χ0) is 16.7. The number of anilines is 1. The number of alkyl halides is 2. The molecule has 5 nitrogen and oxygen atoms in total. The molecule has 0 radical (unpaired) electrons. The molecule has 1 aliphatic rings. The highest BCUT2D eigenvalue weighted by molar-refractivity contribution is 6.00. The number of carbonyl (C=O) groups is 2. The van der Waals surface area contributed by atoms with Crippen LogP contribution in [0.1, 0.15) is 35.2 Å². The van der Waals surface area contributed by atoms with Gasteiger partial charge < -0.3 is 16.2 Å². The lowest BCUT2D eigenvalue weighted by atomic mass is 9.75. The monoisotopic (exact) mass is 316 g/mol. The molecule has 2 rings (SSSR count). The molecule has 0 unspecified atom stereocenters. The zero-order valence-corrected chi connectivity index (χ0v) is 11.8. The van der Waals surface area contributed by atoms with Gasteiger partial charge in [-0.3, -0.25) is 9.59 Å². The standard InChI is InChI=1S/C14H15F3N2O3/c1-7-9(15)5-8(11(18)20)6-10(7)19-12(21)14(16,17)13(22)3-2-4-13/h5-6,22H,2-4H2,1H3,(H2,18,20)(H,19,21). The van der Waals surface area contributed by atoms with Crippen molar-refractivity contribution in [2.24, 2.45) is 5.73 Å². The van der Waals surface area contributed by atoms with Gasteiger partial charge in [-0.2, -0.15) is 8.78 Å². The van der Waals surface area contributed by atoms with E-state index in [0.29, 0.717) is 6.42 Å². The van der Waals surface area contributed by atoms with Crippen LogP contribution in [0.4, 0.5) is 18.9 Å². The van der Waals surface area contributed by atoms with Crippen molar-refractivity contribution in [1.82, 2.24) is 0 Å². The number of rotatable bonds is 4. The third-order valence-corrected chi connectivity index (χ3v) is 3.93. The highest BCUT2D eigenvalue weighted by atomic mass is 19.3. The van der Waals surface area contributed by atoms with Gasteiger partial charge >= 0.3 is 5.92 Å². The van der Waals surface area contributed by atoms with E-state index in [1.807, 2.05) is 5.32 Å². The minimum Gasteiger partial charge on any atom is -0.383 e. The molecule has 0 aliphatic heterocycles. The molecule has 1 aliphatic carbocycles. The van der Waals surface area contributed by atoms with Crippen molar-refractivity contribution in [1.29, 1.82) is 0 Å². The van der Waals surface area contributed by atoms with Gasteiger partial charge in [0, 0.05) is 16.8 Å². The fourth-order valence-corrected chi connectivity index (χ4v) is 2.19. The van der Waals surface area contributed by atoms with Crippen LogP contribution in [0.3, 0.4) is 0 Å². The van der Waals surface area contributed by atoms with Crippen molar-refractivity contribution < 1.29 is 27.9 Å². The van der Waals surface area contributed by atoms with Gasteiger partial charge in [0.2, 0.25) is 5.91 Å². The van der Waals surface area contributed by atoms with E-state index in [1.54, 1.807) is 0 Å². The van der Waals surface area contributed by atoms with E-state index >= 15 is 0 Å². The molecular weight excluding hydrogens is 301 g/mol. The summed E-state index contributed by atoms with van der Waals surface area (Å²) in [4.78, 5) is 22.8. The Morgan fingerprint density at radius 2 is 1.95 bits per heavy atom. The highest BCUT2D eigenvalue weighted by Gasteiger charge is 2.61. The maximum atomic E-state index is 14.0. The Bertz CT molecular complexity index is 642. The number of nitrogens with two attached hydrogens (primary N) is 1. The second-order valence-corrected chi connectivity index (χ2v) is 5.41. The van der Waals surface area contributed by atoms with Crippen molar-refractivity contribution in [2.45, 2.75) is 37.7 Å². The van der Waals surface area contributed by atoms with Crippen LogP contribution in [0, 0.1) is 12.7 Å². The minimum absolute atomic E-state index is 0.116. The largest absolute Gasteiger partial charge is 0.383 e. The molecule has 1 aromatic carbocycles. The first-order chi connectivity index (χ1) is 10.1. The van der Waals surface area contributed by atoms with Crippen LogP contribution in [0.25, 0.3) is 0 Å². The van der Waals surface area contributed by atoms with Gasteiger partial charge in [0.25, 0.3) is 5.91 Å². The molecule has 22 heavy (non-hydrogen) atoms. The summed E-state index contributed by atoms with van der Waals surface area (Å²) in [5.41, 5.74) is 1.96. The molecular formula is C14H15F3N2O3. The van der Waals surface area contributed by atoms with Crippen molar-refractivity contribution in [3.63, 3.8) is 0 Å². The number of aliphatic hydroxyl groups is 1. The zero-order valence-electron chi connectivity index (χ0n) is 11.8. The van der Waals surface area contributed by atoms with Gasteiger partial charge in [0.1, 0.15) is 11.4 Å². The second-order valence-electron chi connectivity index (χ2n) is 5.41. The fourth-order valence-electron chi connectivity index (χ4n) is 2.19. The summed E-state index contributed by atoms with van der Waals surface area (Å²) in [6, 6.07) is 1.87. The number of benzene rings is 1. The Labute approximate surface area is 124 Å². The molecule has 0 aromatic heterocycles. The number of primary amides is 1. The van der Waals surface area contributed by atoms with E-state index in [0.717, 1.165) is 12.1 Å². The number of halogens is 3. The van der Waals surface area contributed by atoms with Crippen molar-refractivity contribution in [2.75, 3.05) is 5.32 Å². The topological polar surface area (TPSA) is 92.4 Å². The van der Waals surface area contributed by atoms with Gasteiger partial charge in [0.05, 0.1) is 0 Å². The van der Waals surface area contributed by atoms with E-state index in [4.69, 9.17) is 5.73 Å². The Morgan fingerprint density at radius 3 is 2.41 bits per heavy atom. The highest BCUT2D eigenvalue weighted by Crippen LogP contribution is 2.44. The third-order valence-electron chi connectivity index (χ3n) is 3.93. The molecule has 4 N–H and O–H groups in total. The first-order valence-corrected chi connectivity index (χ1v) is 6.60. The van der Waals surface area contributed by atoms with E-state index < -0.39 is 29.2 Å². The molecule has 0 bridgehead atoms. The van der Waals surface area contributed by atoms with Crippen LogP contribution < -0.4 is 11.1 Å². The number of carbonyl (C=O) groups excluding carboxylic acids is 2. The Hall–Kier alpha value is -2.09. The van der Waals surface area contributed by atoms with Gasteiger partial charge in [-0.05, 0) is 38.3 Å². The van der Waals surface area contributed by atoms with Gasteiger partial charge in [0.15, 0.2) is 0 Å². The van der Waals surface area contributed by atoms with E-state index in [9.17, 15) is 27.9 Å². The predicted octanol–water partition coefficient (Wildman–Crippen LogP) is 1.72. The average molecular weight is 316 g/mol. The van der Waals surface area contributed by atoms with Gasteiger partial charge in [-0.15, -0.1) is 0 Å². The third kappa shape index (κ3) is 2.54. The molecule has 2 amide bonds. The quantitative estimate of drug-likeness (QED) is 0.789. The van der Waals surface area contributed by atoms with Gasteiger partial charge in [-0.25, -0.2) is 4.39 Å². The Kier molecular flexibility index (Phi) is 3.90. The molecule has 8 heteroatoms. The van der Waals surface area contributed by atoms with Crippen molar-refractivity contribution in [3.8, 4) is 0 Å². The molecule has 0 saturated heterocycles. The van der Waals surface area contributed by atoms with Crippen LogP contribution in [0.2, 0.25) is 0 Å². The average Bonchev–Trinajstić information content (AvgIpc) is 2.40. The van der Waals surface area contributed by atoms with E-state index in [2.05, 4.69) is 0 Å². The Balaban J connectivity index is 2.30. The minimum atomic E-state index is -4.02. The van der Waals surface area contributed by atoms with Crippen molar-refractivity contribution >= 4 is 17.5 Å². The second kappa shape index (κ2) is 5.28. The first kappa shape index (κ1) is 16.3. The lowest BCUT2D eigenvalue weighted by Crippen LogP contribution is -2.59. The van der Waals surface area contributed by atoms with Crippen LogP contribution in [0.5, 0.6) is 0 Å². The molecule has 1 aromatic rings. The number of nitrogens with one attached hydrogen (secondary N) is 1. The van der Waals surface area contributed by atoms with Gasteiger partial charge in [-0.1, -0.05) is 0 Å². The van der Waals surface area contributed by atoms with Crippen molar-refractivity contribution in [3.05, 3.63) is 29.1 Å². The molecule has 1 fully saturated rings. The fraction of sp³-hybridized carbons (Fsp3) is 0.429. The van der Waals surface area contributed by atoms with E-state index in [-0.39, 0.29) is 29.7 Å². The lowest BCUT2D eigenvalue weighted by Gasteiger charge is -2.41. The first-order valence-electron chi connectivity index (χ1n) is 6.60. The molecule has 0 atom stereocenters. The molecule has 0 spiro atoms. The maximum Gasteiger partial charge on any atom is 0.352 e. The summed E-state index contributed by atoms with van der Waals surface area (Å²) < 4.78 is 41.6. The van der Waals surface area contributed by atoms with Crippen LogP contribution in [-0.4, -0.2) is 28.4 Å². The normalized spacial score (nSPS) is 16.8. The van der Waals surface area contributed by atoms with Crippen LogP contribution in [-0.2, 0) is 4.79 Å². The lowest BCUT2D eigenvalue weighted by molar-refractivity contribution is -0.212. The number of hydrogen-bond acceptors (Lipinski definition) is 3. The van der Waals surface area contributed by atoms with Crippen LogP contribution >= 0.6 is 0 Å². The van der Waals surface area contributed by atoms with E-state index in [1.165, 1.54) is 6.92 Å². The molecule has 120 valence electrons. The summed E-state index contributed by atoms with van der Waals surface area (Å²) in [6.07, 6.45) is 0.00830. The summed E-state index contributed by atoms with van der Waals surface area (Å²) in [5, 5.41) is 11.6. The smallest absolute Gasteiger partial charge is 0.352 e. The summed E-state index contributed by atoms with van der Waals surface area (Å²) >= 11 is 0. The molecule has 0 heterocycles. The van der Waals surface area contributed by atoms with Crippen LogP contribution in [0.15, 0.2) is 12.1 Å². The number of amides is 2. The maximum absolute atomic E-state index is 14.0. The SMILES string of the molecule is Cc1c(F)cc(C(N)=O)cc1NC(=O)C(F)(F)C1(O)CCC1. The summed E-state index contributed by atoms with van der Waals surface area (Å²) in [6.45, 7) is 1.26. The Morgan fingerprint density at radius 1 is 1.36 bits per heavy atom. The molecule has 1 saturated carbocycles. The summed E-state index contributed by atoms with van der Waals surface area (Å²) in [7, 11) is 0. The summed E-state index contributed by atoms with van der Waals surface area (Å²) in [5.74, 6) is -7.59.